The van der Waals surface area contributed by atoms with Gasteiger partial charge in [0.1, 0.15) is 0 Å². The molecule has 0 saturated heterocycles. The van der Waals surface area contributed by atoms with Crippen LogP contribution < -0.4 is 0 Å². The first-order chi connectivity index (χ1) is 16.6. The molecule has 0 rings (SSSR count). The molecule has 204 valence electrons. The van der Waals surface area contributed by atoms with Gasteiger partial charge in [-0.1, -0.05) is 157 Å². The van der Waals surface area contributed by atoms with Crippen molar-refractivity contribution >= 4 is 5.97 Å². The van der Waals surface area contributed by atoms with E-state index in [0.717, 1.165) is 19.3 Å². The molecule has 0 aliphatic carbocycles. The minimum atomic E-state index is 0.105. The number of ether oxygens (including phenoxy) is 1. The van der Waals surface area contributed by atoms with E-state index in [1.807, 2.05) is 0 Å². The van der Waals surface area contributed by atoms with Crippen LogP contribution in [0.1, 0.15) is 176 Å². The molecule has 0 amide bonds. The van der Waals surface area contributed by atoms with Crippen LogP contribution in [0.5, 0.6) is 0 Å². The lowest BCUT2D eigenvalue weighted by Gasteiger charge is -2.23. The van der Waals surface area contributed by atoms with E-state index in [1.54, 1.807) is 0 Å². The first-order valence-electron chi connectivity index (χ1n) is 15.8. The van der Waals surface area contributed by atoms with E-state index in [9.17, 15) is 4.79 Å². The van der Waals surface area contributed by atoms with Crippen molar-refractivity contribution in [3.8, 4) is 0 Å². The lowest BCUT2D eigenvalue weighted by atomic mass is 9.86. The Labute approximate surface area is 215 Å². The van der Waals surface area contributed by atoms with Gasteiger partial charge in [-0.25, -0.2) is 0 Å². The summed E-state index contributed by atoms with van der Waals surface area (Å²) in [6.45, 7) is 12.0. The Hall–Kier alpha value is -0.530. The van der Waals surface area contributed by atoms with Gasteiger partial charge in [0, 0.05) is 0 Å². The van der Waals surface area contributed by atoms with Crippen molar-refractivity contribution in [3.05, 3.63) is 0 Å². The second kappa shape index (κ2) is 25.6. The standard InChI is InChI=1S/C32H64O2/c1-6-11-14-15-16-17-18-19-20-21-22-23-26-31(27-29(9-4)24-12-7-2)32(33)34-28-30(10-5)25-13-8-3/h29-31H,6-28H2,1-5H3. The Morgan fingerprint density at radius 2 is 0.971 bits per heavy atom. The van der Waals surface area contributed by atoms with E-state index < -0.39 is 0 Å². The van der Waals surface area contributed by atoms with Gasteiger partial charge in [-0.2, -0.15) is 0 Å². The molecule has 0 fully saturated rings. The molecule has 0 spiro atoms. The van der Waals surface area contributed by atoms with Gasteiger partial charge in [-0.05, 0) is 31.1 Å². The fraction of sp³-hybridized carbons (Fsp3) is 0.969. The zero-order valence-electron chi connectivity index (χ0n) is 24.3. The van der Waals surface area contributed by atoms with Crippen LogP contribution >= 0.6 is 0 Å². The predicted octanol–water partition coefficient (Wildman–Crippen LogP) is 11.1. The molecule has 0 aliphatic rings. The van der Waals surface area contributed by atoms with Gasteiger partial charge in [0.05, 0.1) is 12.5 Å². The van der Waals surface area contributed by atoms with E-state index in [0.29, 0.717) is 18.4 Å². The van der Waals surface area contributed by atoms with Crippen molar-refractivity contribution in [1.82, 2.24) is 0 Å². The monoisotopic (exact) mass is 480 g/mol. The summed E-state index contributed by atoms with van der Waals surface area (Å²) in [4.78, 5) is 13.1. The number of hydrogen-bond donors (Lipinski definition) is 0. The van der Waals surface area contributed by atoms with Gasteiger partial charge in [0.2, 0.25) is 0 Å². The molecule has 0 aromatic heterocycles. The molecule has 2 heteroatoms. The third kappa shape index (κ3) is 19.7. The summed E-state index contributed by atoms with van der Waals surface area (Å²) in [7, 11) is 0. The molecule has 0 heterocycles. The van der Waals surface area contributed by atoms with Gasteiger partial charge in [-0.3, -0.25) is 4.79 Å². The van der Waals surface area contributed by atoms with Crippen LogP contribution in [0, 0.1) is 17.8 Å². The SMILES string of the molecule is CCCCCCCCCCCCCCC(CC(CC)CCCC)C(=O)OCC(CC)CCCC. The molecule has 3 atom stereocenters. The molecule has 2 nitrogen and oxygen atoms in total. The molecular formula is C32H64O2. The maximum Gasteiger partial charge on any atom is 0.308 e. The number of carbonyl (C=O) groups is 1. The highest BCUT2D eigenvalue weighted by Crippen LogP contribution is 2.27. The van der Waals surface area contributed by atoms with Gasteiger partial charge in [-0.15, -0.1) is 0 Å². The summed E-state index contributed by atoms with van der Waals surface area (Å²) in [6.07, 6.45) is 28.3. The number of esters is 1. The van der Waals surface area contributed by atoms with E-state index in [1.165, 1.54) is 122 Å². The fourth-order valence-electron chi connectivity index (χ4n) is 5.16. The van der Waals surface area contributed by atoms with Crippen LogP contribution in [-0.2, 0) is 9.53 Å². The Morgan fingerprint density at radius 3 is 1.44 bits per heavy atom. The van der Waals surface area contributed by atoms with Crippen LogP contribution in [-0.4, -0.2) is 12.6 Å². The van der Waals surface area contributed by atoms with Crippen LogP contribution in [0.4, 0.5) is 0 Å². The van der Waals surface area contributed by atoms with Crippen LogP contribution in [0.25, 0.3) is 0 Å². The second-order valence-electron chi connectivity index (χ2n) is 11.1. The van der Waals surface area contributed by atoms with E-state index in [4.69, 9.17) is 4.74 Å². The average Bonchev–Trinajstić information content (AvgIpc) is 2.85. The average molecular weight is 481 g/mol. The van der Waals surface area contributed by atoms with Crippen LogP contribution in [0.15, 0.2) is 0 Å². The van der Waals surface area contributed by atoms with Gasteiger partial charge < -0.3 is 4.74 Å². The van der Waals surface area contributed by atoms with Crippen LogP contribution in [0.3, 0.4) is 0 Å². The normalized spacial score (nSPS) is 14.1. The molecule has 0 radical (unpaired) electrons. The Balaban J connectivity index is 4.32. The molecule has 3 unspecified atom stereocenters. The van der Waals surface area contributed by atoms with Crippen molar-refractivity contribution < 1.29 is 9.53 Å². The zero-order chi connectivity index (χ0) is 25.3. The van der Waals surface area contributed by atoms with Crippen molar-refractivity contribution in [3.63, 3.8) is 0 Å². The third-order valence-electron chi connectivity index (χ3n) is 7.91. The lowest BCUT2D eigenvalue weighted by molar-refractivity contribution is -0.151. The van der Waals surface area contributed by atoms with E-state index >= 15 is 0 Å². The molecule has 0 saturated carbocycles. The number of carbonyl (C=O) groups excluding carboxylic acids is 1. The summed E-state index contributed by atoms with van der Waals surface area (Å²) >= 11 is 0. The molecule has 0 aliphatic heterocycles. The minimum Gasteiger partial charge on any atom is -0.465 e. The Morgan fingerprint density at radius 1 is 0.529 bits per heavy atom. The van der Waals surface area contributed by atoms with Crippen LogP contribution in [0.2, 0.25) is 0 Å². The van der Waals surface area contributed by atoms with Gasteiger partial charge in [0.15, 0.2) is 0 Å². The lowest BCUT2D eigenvalue weighted by Crippen LogP contribution is -2.23. The van der Waals surface area contributed by atoms with Crippen molar-refractivity contribution in [1.29, 1.82) is 0 Å². The number of hydrogen-bond acceptors (Lipinski definition) is 2. The maximum absolute atomic E-state index is 13.1. The van der Waals surface area contributed by atoms with Crippen molar-refractivity contribution in [2.24, 2.45) is 17.8 Å². The maximum atomic E-state index is 13.1. The highest BCUT2D eigenvalue weighted by atomic mass is 16.5. The largest absolute Gasteiger partial charge is 0.465 e. The summed E-state index contributed by atoms with van der Waals surface area (Å²) in [5.74, 6) is 1.44. The highest BCUT2D eigenvalue weighted by Gasteiger charge is 2.24. The second-order valence-corrected chi connectivity index (χ2v) is 11.1. The first kappa shape index (κ1) is 33.5. The molecule has 0 aromatic rings. The zero-order valence-corrected chi connectivity index (χ0v) is 24.3. The number of rotatable bonds is 26. The van der Waals surface area contributed by atoms with E-state index in [-0.39, 0.29) is 11.9 Å². The smallest absolute Gasteiger partial charge is 0.308 e. The number of unbranched alkanes of at least 4 members (excludes halogenated alkanes) is 13. The van der Waals surface area contributed by atoms with Gasteiger partial charge in [0.25, 0.3) is 0 Å². The first-order valence-corrected chi connectivity index (χ1v) is 15.8. The molecule has 0 bridgehead atoms. The quantitative estimate of drug-likeness (QED) is 0.0908. The summed E-state index contributed by atoms with van der Waals surface area (Å²) in [5, 5.41) is 0. The Kier molecular flexibility index (Phi) is 25.2. The molecule has 34 heavy (non-hydrogen) atoms. The highest BCUT2D eigenvalue weighted by molar-refractivity contribution is 5.72. The Bertz CT molecular complexity index is 419. The third-order valence-corrected chi connectivity index (χ3v) is 7.91. The molecule has 0 aromatic carbocycles. The summed E-state index contributed by atoms with van der Waals surface area (Å²) < 4.78 is 5.92. The molecular weight excluding hydrogens is 416 g/mol. The van der Waals surface area contributed by atoms with Gasteiger partial charge >= 0.3 is 5.97 Å². The topological polar surface area (TPSA) is 26.3 Å². The molecule has 0 N–H and O–H groups in total. The minimum absolute atomic E-state index is 0.105. The van der Waals surface area contributed by atoms with Crippen molar-refractivity contribution in [2.75, 3.05) is 6.61 Å². The fourth-order valence-corrected chi connectivity index (χ4v) is 5.16. The summed E-state index contributed by atoms with van der Waals surface area (Å²) in [5.41, 5.74) is 0. The summed E-state index contributed by atoms with van der Waals surface area (Å²) in [6, 6.07) is 0. The van der Waals surface area contributed by atoms with E-state index in [2.05, 4.69) is 34.6 Å². The predicted molar refractivity (Wildman–Crippen MR) is 151 cm³/mol. The van der Waals surface area contributed by atoms with Crippen molar-refractivity contribution in [2.45, 2.75) is 176 Å².